The molecule has 4 aromatic rings. The van der Waals surface area contributed by atoms with Crippen LogP contribution >= 0.6 is 23.4 Å². The van der Waals surface area contributed by atoms with Gasteiger partial charge >= 0.3 is 0 Å². The highest BCUT2D eigenvalue weighted by atomic mass is 35.5. The van der Waals surface area contributed by atoms with Gasteiger partial charge < -0.3 is 5.32 Å². The van der Waals surface area contributed by atoms with Crippen LogP contribution < -0.4 is 5.32 Å². The van der Waals surface area contributed by atoms with Crippen LogP contribution in [0, 0.1) is 18.6 Å². The van der Waals surface area contributed by atoms with E-state index in [-0.39, 0.29) is 11.4 Å². The molecule has 0 aliphatic rings. The maximum Gasteiger partial charge on any atom is 0.234 e. The Hall–Kier alpha value is -3.23. The number of rotatable bonds is 6. The topological polar surface area (TPSA) is 59.8 Å². The number of aryl methyl sites for hydroxylation is 1. The third-order valence-electron chi connectivity index (χ3n) is 4.55. The van der Waals surface area contributed by atoms with E-state index in [1.807, 2.05) is 47.9 Å². The monoisotopic (exact) mass is 470 g/mol. The van der Waals surface area contributed by atoms with Gasteiger partial charge in [-0.15, -0.1) is 10.2 Å². The second-order valence-electron chi connectivity index (χ2n) is 6.95. The smallest absolute Gasteiger partial charge is 0.234 e. The molecule has 4 rings (SSSR count). The number of amides is 1. The number of thioether (sulfide) groups is 1. The average molecular weight is 471 g/mol. The molecule has 0 radical (unpaired) electrons. The normalized spacial score (nSPS) is 10.9. The fourth-order valence-corrected chi connectivity index (χ4v) is 3.95. The van der Waals surface area contributed by atoms with Crippen molar-refractivity contribution in [1.82, 2.24) is 14.8 Å². The van der Waals surface area contributed by atoms with Crippen LogP contribution in [-0.4, -0.2) is 26.4 Å². The lowest BCUT2D eigenvalue weighted by molar-refractivity contribution is -0.113. The number of hydrogen-bond donors (Lipinski definition) is 1. The lowest BCUT2D eigenvalue weighted by Crippen LogP contribution is -2.15. The Kier molecular flexibility index (Phi) is 6.53. The number of benzene rings is 3. The summed E-state index contributed by atoms with van der Waals surface area (Å²) in [5, 5.41) is 12.1. The second-order valence-corrected chi connectivity index (χ2v) is 8.33. The van der Waals surface area contributed by atoms with E-state index in [2.05, 4.69) is 15.5 Å². The number of carbonyl (C=O) groups is 1. The number of nitrogens with zero attached hydrogens (tertiary/aromatic N) is 3. The highest BCUT2D eigenvalue weighted by Crippen LogP contribution is 2.29. The molecule has 1 amide bonds. The fraction of sp³-hybridized carbons (Fsp3) is 0.0870. The van der Waals surface area contributed by atoms with Gasteiger partial charge in [-0.1, -0.05) is 53.2 Å². The molecule has 0 bridgehead atoms. The highest BCUT2D eigenvalue weighted by molar-refractivity contribution is 7.99. The molecule has 0 aliphatic heterocycles. The van der Waals surface area contributed by atoms with E-state index in [9.17, 15) is 13.6 Å². The van der Waals surface area contributed by atoms with E-state index >= 15 is 0 Å². The van der Waals surface area contributed by atoms with Crippen molar-refractivity contribution >= 4 is 35.0 Å². The zero-order valence-corrected chi connectivity index (χ0v) is 18.4. The number of carbonyl (C=O) groups excluding carboxylic acids is 1. The molecule has 0 saturated heterocycles. The Morgan fingerprint density at radius 2 is 1.84 bits per heavy atom. The standard InChI is InChI=1S/C23H17ClF2N4OS/c1-14-5-8-18(9-6-14)30-22(15-3-2-4-16(24)11-15)28-29-23(30)32-13-21(31)27-20-10-7-17(25)12-19(20)26/h2-12H,13H2,1H3,(H,27,31). The van der Waals surface area contributed by atoms with Crippen molar-refractivity contribution in [3.05, 3.63) is 89.0 Å². The SMILES string of the molecule is Cc1ccc(-n2c(SCC(=O)Nc3ccc(F)cc3F)nnc2-c2cccc(Cl)c2)cc1. The van der Waals surface area contributed by atoms with Crippen molar-refractivity contribution in [2.24, 2.45) is 0 Å². The van der Waals surface area contributed by atoms with Crippen LogP contribution in [0.4, 0.5) is 14.5 Å². The summed E-state index contributed by atoms with van der Waals surface area (Å²) >= 11 is 7.30. The van der Waals surface area contributed by atoms with Crippen molar-refractivity contribution < 1.29 is 13.6 Å². The van der Waals surface area contributed by atoms with Crippen LogP contribution in [0.25, 0.3) is 17.1 Å². The van der Waals surface area contributed by atoms with Crippen molar-refractivity contribution in [2.75, 3.05) is 11.1 Å². The number of nitrogens with one attached hydrogen (secondary N) is 1. The molecule has 3 aromatic carbocycles. The summed E-state index contributed by atoms with van der Waals surface area (Å²) in [7, 11) is 0. The summed E-state index contributed by atoms with van der Waals surface area (Å²) in [6, 6.07) is 18.0. The predicted octanol–water partition coefficient (Wildman–Crippen LogP) is 5.91. The van der Waals surface area contributed by atoms with Gasteiger partial charge in [-0.2, -0.15) is 0 Å². The van der Waals surface area contributed by atoms with E-state index in [0.717, 1.165) is 34.6 Å². The molecule has 0 unspecified atom stereocenters. The molecule has 0 fully saturated rings. The molecule has 1 aromatic heterocycles. The van der Waals surface area contributed by atoms with Gasteiger partial charge in [-0.3, -0.25) is 9.36 Å². The van der Waals surface area contributed by atoms with Crippen LogP contribution in [0.1, 0.15) is 5.56 Å². The molecule has 0 aliphatic carbocycles. The molecule has 5 nitrogen and oxygen atoms in total. The fourth-order valence-electron chi connectivity index (χ4n) is 3.01. The van der Waals surface area contributed by atoms with Crippen molar-refractivity contribution in [3.63, 3.8) is 0 Å². The molecular formula is C23H17ClF2N4OS. The summed E-state index contributed by atoms with van der Waals surface area (Å²) in [5.74, 6) is -1.48. The maximum atomic E-state index is 13.8. The third-order valence-corrected chi connectivity index (χ3v) is 5.71. The minimum Gasteiger partial charge on any atom is -0.323 e. The third kappa shape index (κ3) is 4.98. The molecule has 0 spiro atoms. The minimum atomic E-state index is -0.839. The minimum absolute atomic E-state index is 0.0453. The van der Waals surface area contributed by atoms with Gasteiger partial charge in [0.25, 0.3) is 0 Å². The Bertz CT molecular complexity index is 1280. The Balaban J connectivity index is 1.60. The molecule has 9 heteroatoms. The number of anilines is 1. The van der Waals surface area contributed by atoms with Crippen LogP contribution in [0.5, 0.6) is 0 Å². The first kappa shape index (κ1) is 22.0. The van der Waals surface area contributed by atoms with Crippen molar-refractivity contribution in [1.29, 1.82) is 0 Å². The second kappa shape index (κ2) is 9.50. The zero-order valence-electron chi connectivity index (χ0n) is 16.8. The summed E-state index contributed by atoms with van der Waals surface area (Å²) < 4.78 is 28.7. The Labute approximate surface area is 192 Å². The van der Waals surface area contributed by atoms with Crippen molar-refractivity contribution in [3.8, 4) is 17.1 Å². The lowest BCUT2D eigenvalue weighted by Gasteiger charge is -2.11. The summed E-state index contributed by atoms with van der Waals surface area (Å²) in [6.45, 7) is 1.99. The maximum absolute atomic E-state index is 13.8. The van der Waals surface area contributed by atoms with Gasteiger partial charge in [0.15, 0.2) is 11.0 Å². The quantitative estimate of drug-likeness (QED) is 0.356. The number of aromatic nitrogens is 3. The van der Waals surface area contributed by atoms with Gasteiger partial charge in [-0.05, 0) is 43.3 Å². The Morgan fingerprint density at radius 3 is 2.56 bits per heavy atom. The average Bonchev–Trinajstić information content (AvgIpc) is 3.19. The molecule has 1 N–H and O–H groups in total. The van der Waals surface area contributed by atoms with E-state index in [1.165, 1.54) is 6.07 Å². The van der Waals surface area contributed by atoms with Gasteiger partial charge in [0, 0.05) is 22.3 Å². The molecular weight excluding hydrogens is 454 g/mol. The van der Waals surface area contributed by atoms with E-state index in [1.54, 1.807) is 12.1 Å². The summed E-state index contributed by atoms with van der Waals surface area (Å²) in [5.41, 5.74) is 2.61. The van der Waals surface area contributed by atoms with Gasteiger partial charge in [0.05, 0.1) is 11.4 Å². The van der Waals surface area contributed by atoms with Crippen LogP contribution in [-0.2, 0) is 4.79 Å². The molecule has 0 saturated carbocycles. The molecule has 32 heavy (non-hydrogen) atoms. The lowest BCUT2D eigenvalue weighted by atomic mass is 10.2. The first-order valence-corrected chi connectivity index (χ1v) is 10.9. The Morgan fingerprint density at radius 1 is 1.06 bits per heavy atom. The first-order valence-electron chi connectivity index (χ1n) is 9.57. The number of halogens is 3. The first-order chi connectivity index (χ1) is 15.4. The molecule has 0 atom stereocenters. The number of hydrogen-bond acceptors (Lipinski definition) is 4. The van der Waals surface area contributed by atoms with Crippen molar-refractivity contribution in [2.45, 2.75) is 12.1 Å². The van der Waals surface area contributed by atoms with E-state index < -0.39 is 17.5 Å². The van der Waals surface area contributed by atoms with Crippen LogP contribution in [0.15, 0.2) is 71.9 Å². The van der Waals surface area contributed by atoms with Gasteiger partial charge in [-0.25, -0.2) is 8.78 Å². The molecule has 162 valence electrons. The van der Waals surface area contributed by atoms with E-state index in [0.29, 0.717) is 22.1 Å². The summed E-state index contributed by atoms with van der Waals surface area (Å²) in [6.07, 6.45) is 0. The highest BCUT2D eigenvalue weighted by Gasteiger charge is 2.18. The van der Waals surface area contributed by atoms with Crippen LogP contribution in [0.2, 0.25) is 5.02 Å². The largest absolute Gasteiger partial charge is 0.323 e. The van der Waals surface area contributed by atoms with Gasteiger partial charge in [0.1, 0.15) is 11.6 Å². The summed E-state index contributed by atoms with van der Waals surface area (Å²) in [4.78, 5) is 12.4. The zero-order chi connectivity index (χ0) is 22.7. The predicted molar refractivity (Wildman–Crippen MR) is 122 cm³/mol. The van der Waals surface area contributed by atoms with E-state index in [4.69, 9.17) is 11.6 Å². The van der Waals surface area contributed by atoms with Crippen LogP contribution in [0.3, 0.4) is 0 Å². The molecule has 1 heterocycles. The van der Waals surface area contributed by atoms with Gasteiger partial charge in [0.2, 0.25) is 5.91 Å².